The third-order valence-corrected chi connectivity index (χ3v) is 3.40. The number of hydrogen-bond donors (Lipinski definition) is 1. The molecule has 19 heavy (non-hydrogen) atoms. The Hall–Kier alpha value is -1.94. The Morgan fingerprint density at radius 3 is 2.79 bits per heavy atom. The minimum Gasteiger partial charge on any atom is -0.460 e. The third-order valence-electron chi connectivity index (χ3n) is 3.21. The van der Waals surface area contributed by atoms with Crippen LogP contribution in [-0.4, -0.2) is 10.2 Å². The highest BCUT2D eigenvalue weighted by Crippen LogP contribution is 2.37. The summed E-state index contributed by atoms with van der Waals surface area (Å²) in [7, 11) is 0. The number of nitrogens with one attached hydrogen (secondary N) is 1. The monoisotopic (exact) mass is 270 g/mol. The van der Waals surface area contributed by atoms with Crippen LogP contribution in [0.3, 0.4) is 0 Å². The van der Waals surface area contributed by atoms with Gasteiger partial charge in [0.2, 0.25) is 0 Å². The van der Waals surface area contributed by atoms with Crippen LogP contribution in [0.2, 0.25) is 0 Å². The minimum atomic E-state index is -0.428. The van der Waals surface area contributed by atoms with Crippen molar-refractivity contribution >= 4 is 23.1 Å². The molecule has 3 nitrogen and oxygen atoms in total. The average molecular weight is 270 g/mol. The molecule has 1 N–H and O–H groups in total. The normalized spacial score (nSPS) is 16.2. The second kappa shape index (κ2) is 4.31. The van der Waals surface area contributed by atoms with Crippen molar-refractivity contribution in [3.8, 4) is 11.3 Å². The lowest BCUT2D eigenvalue weighted by Crippen LogP contribution is -2.34. The molecular weight excluding hydrogens is 256 g/mol. The smallest absolute Gasteiger partial charge is 0.262 e. The Kier molecular flexibility index (Phi) is 2.75. The Morgan fingerprint density at radius 1 is 1.21 bits per heavy atom. The van der Waals surface area contributed by atoms with Crippen LogP contribution in [0.15, 0.2) is 42.6 Å². The highest BCUT2D eigenvalue weighted by atomic mass is 32.1. The van der Waals surface area contributed by atoms with Crippen LogP contribution >= 0.6 is 12.2 Å². The maximum Gasteiger partial charge on any atom is 0.262 e. The maximum absolute atomic E-state index is 5.69. The first-order valence-electron chi connectivity index (χ1n) is 6.12. The molecule has 0 bridgehead atoms. The van der Waals surface area contributed by atoms with Gasteiger partial charge in [0.05, 0.1) is 5.69 Å². The number of benzene rings is 1. The molecule has 96 valence electrons. The molecular formula is C15H14N2OS. The summed E-state index contributed by atoms with van der Waals surface area (Å²) in [6.45, 7) is 4.03. The highest BCUT2D eigenvalue weighted by Gasteiger charge is 2.31. The lowest BCUT2D eigenvalue weighted by molar-refractivity contribution is 0.0947. The summed E-state index contributed by atoms with van der Waals surface area (Å²) in [5.41, 5.74) is 3.69. The zero-order chi connectivity index (χ0) is 13.5. The van der Waals surface area contributed by atoms with E-state index in [2.05, 4.69) is 16.4 Å². The molecule has 1 aliphatic rings. The number of thiocarbonyl (C=S) groups is 1. The Bertz CT molecular complexity index is 638. The van der Waals surface area contributed by atoms with Crippen LogP contribution in [-0.2, 0) is 10.3 Å². The number of anilines is 1. The first-order chi connectivity index (χ1) is 9.06. The molecule has 0 amide bonds. The van der Waals surface area contributed by atoms with Gasteiger partial charge in [0.1, 0.15) is 5.60 Å². The van der Waals surface area contributed by atoms with E-state index in [-0.39, 0.29) is 0 Å². The largest absolute Gasteiger partial charge is 0.460 e. The average Bonchev–Trinajstić information content (AvgIpc) is 2.38. The van der Waals surface area contributed by atoms with Gasteiger partial charge in [-0.15, -0.1) is 0 Å². The molecule has 0 spiro atoms. The molecule has 0 atom stereocenters. The first kappa shape index (κ1) is 12.1. The quantitative estimate of drug-likeness (QED) is 0.801. The molecule has 4 heteroatoms. The topological polar surface area (TPSA) is 34.1 Å². The number of aromatic nitrogens is 1. The number of rotatable bonds is 1. The van der Waals surface area contributed by atoms with E-state index in [1.54, 1.807) is 6.20 Å². The molecule has 0 radical (unpaired) electrons. The van der Waals surface area contributed by atoms with Gasteiger partial charge in [-0.05, 0) is 50.3 Å². The van der Waals surface area contributed by atoms with E-state index in [1.807, 2.05) is 44.2 Å². The van der Waals surface area contributed by atoms with Gasteiger partial charge in [-0.1, -0.05) is 12.1 Å². The van der Waals surface area contributed by atoms with E-state index in [9.17, 15) is 0 Å². The van der Waals surface area contributed by atoms with Gasteiger partial charge in [0, 0.05) is 23.0 Å². The maximum atomic E-state index is 5.69. The van der Waals surface area contributed by atoms with Crippen molar-refractivity contribution < 1.29 is 4.74 Å². The van der Waals surface area contributed by atoms with Gasteiger partial charge >= 0.3 is 0 Å². The number of pyridine rings is 1. The molecule has 1 aromatic heterocycles. The van der Waals surface area contributed by atoms with Crippen molar-refractivity contribution in [1.82, 2.24) is 4.98 Å². The second-order valence-corrected chi connectivity index (χ2v) is 5.37. The van der Waals surface area contributed by atoms with Crippen molar-refractivity contribution in [2.45, 2.75) is 19.4 Å². The van der Waals surface area contributed by atoms with Crippen molar-refractivity contribution in [3.63, 3.8) is 0 Å². The predicted octanol–water partition coefficient (Wildman–Crippen LogP) is 3.71. The lowest BCUT2D eigenvalue weighted by Gasteiger charge is -2.34. The summed E-state index contributed by atoms with van der Waals surface area (Å²) in [5, 5.41) is 3.50. The van der Waals surface area contributed by atoms with Gasteiger partial charge in [-0.3, -0.25) is 4.98 Å². The van der Waals surface area contributed by atoms with E-state index >= 15 is 0 Å². The fourth-order valence-corrected chi connectivity index (χ4v) is 2.58. The second-order valence-electron chi connectivity index (χ2n) is 5.00. The number of nitrogens with zero attached hydrogens (tertiary/aromatic N) is 1. The summed E-state index contributed by atoms with van der Waals surface area (Å²) in [4.78, 5) is 4.37. The van der Waals surface area contributed by atoms with Crippen LogP contribution in [0, 0.1) is 0 Å². The van der Waals surface area contributed by atoms with Crippen LogP contribution in [0.1, 0.15) is 19.4 Å². The molecule has 3 rings (SSSR count). The Balaban J connectivity index is 2.12. The van der Waals surface area contributed by atoms with Crippen molar-refractivity contribution in [3.05, 3.63) is 48.2 Å². The third kappa shape index (κ3) is 2.19. The summed E-state index contributed by atoms with van der Waals surface area (Å²) in [5.74, 6) is 0. The Labute approximate surface area is 117 Å². The van der Waals surface area contributed by atoms with E-state index in [4.69, 9.17) is 17.0 Å². The fourth-order valence-electron chi connectivity index (χ4n) is 2.27. The molecule has 0 unspecified atom stereocenters. The zero-order valence-electron chi connectivity index (χ0n) is 10.8. The first-order valence-corrected chi connectivity index (χ1v) is 6.53. The fraction of sp³-hybridized carbons (Fsp3) is 0.200. The van der Waals surface area contributed by atoms with Gasteiger partial charge in [-0.25, -0.2) is 0 Å². The molecule has 0 saturated carbocycles. The van der Waals surface area contributed by atoms with Crippen molar-refractivity contribution in [1.29, 1.82) is 0 Å². The molecule has 0 fully saturated rings. The van der Waals surface area contributed by atoms with Crippen LogP contribution < -0.4 is 5.32 Å². The van der Waals surface area contributed by atoms with E-state index in [0.29, 0.717) is 5.17 Å². The number of ether oxygens (including phenoxy) is 1. The molecule has 2 heterocycles. The summed E-state index contributed by atoms with van der Waals surface area (Å²) >= 11 is 5.11. The summed E-state index contributed by atoms with van der Waals surface area (Å²) in [6, 6.07) is 12.1. The highest BCUT2D eigenvalue weighted by molar-refractivity contribution is 7.80. The standard InChI is InChI=1S/C15H14N2OS/c1-15(2)11-9-10(12-5-3-4-8-16-12)6-7-13(11)17-14(19)18-15/h3-9H,1-2H3,(H,17,19). The zero-order valence-corrected chi connectivity index (χ0v) is 11.6. The van der Waals surface area contributed by atoms with E-state index in [1.165, 1.54) is 0 Å². The summed E-state index contributed by atoms with van der Waals surface area (Å²) in [6.07, 6.45) is 1.80. The SMILES string of the molecule is CC1(C)OC(=S)Nc2ccc(-c3ccccn3)cc21. The molecule has 1 aromatic carbocycles. The van der Waals surface area contributed by atoms with E-state index in [0.717, 1.165) is 22.5 Å². The van der Waals surface area contributed by atoms with Crippen LogP contribution in [0.25, 0.3) is 11.3 Å². The van der Waals surface area contributed by atoms with Gasteiger partial charge < -0.3 is 10.1 Å². The van der Waals surface area contributed by atoms with Crippen LogP contribution in [0.4, 0.5) is 5.69 Å². The molecule has 2 aromatic rings. The Morgan fingerprint density at radius 2 is 2.05 bits per heavy atom. The van der Waals surface area contributed by atoms with Crippen LogP contribution in [0.5, 0.6) is 0 Å². The number of fused-ring (bicyclic) bond motifs is 1. The van der Waals surface area contributed by atoms with Gasteiger partial charge in [0.15, 0.2) is 0 Å². The molecule has 0 aliphatic carbocycles. The van der Waals surface area contributed by atoms with Gasteiger partial charge in [-0.2, -0.15) is 0 Å². The predicted molar refractivity (Wildman–Crippen MR) is 80.0 cm³/mol. The molecule has 1 aliphatic heterocycles. The lowest BCUT2D eigenvalue weighted by atomic mass is 9.92. The van der Waals surface area contributed by atoms with Crippen molar-refractivity contribution in [2.75, 3.05) is 5.32 Å². The van der Waals surface area contributed by atoms with Gasteiger partial charge in [0.25, 0.3) is 5.17 Å². The van der Waals surface area contributed by atoms with Crippen molar-refractivity contribution in [2.24, 2.45) is 0 Å². The minimum absolute atomic E-state index is 0.420. The number of hydrogen-bond acceptors (Lipinski definition) is 3. The van der Waals surface area contributed by atoms with E-state index < -0.39 is 5.60 Å². The molecule has 0 saturated heterocycles. The summed E-state index contributed by atoms with van der Waals surface area (Å²) < 4.78 is 5.69.